The van der Waals surface area contributed by atoms with E-state index in [9.17, 15) is 9.59 Å². The molecule has 0 aromatic carbocycles. The summed E-state index contributed by atoms with van der Waals surface area (Å²) < 4.78 is 4.87. The van der Waals surface area contributed by atoms with Crippen LogP contribution in [0.15, 0.2) is 23.3 Å². The lowest BCUT2D eigenvalue weighted by molar-refractivity contribution is -0.140. The van der Waals surface area contributed by atoms with Gasteiger partial charge in [-0.25, -0.2) is 0 Å². The van der Waals surface area contributed by atoms with Crippen molar-refractivity contribution >= 4 is 23.6 Å². The second-order valence-corrected chi connectivity index (χ2v) is 4.85. The van der Waals surface area contributed by atoms with Gasteiger partial charge in [-0.2, -0.15) is 0 Å². The van der Waals surface area contributed by atoms with E-state index in [2.05, 4.69) is 6.58 Å². The number of carbonyl (C=O) groups excluding carboxylic acids is 2. The Morgan fingerprint density at radius 1 is 1.75 bits per heavy atom. The number of β-lactam (4-membered cyclic amide) rings is 1. The van der Waals surface area contributed by atoms with E-state index in [0.29, 0.717) is 0 Å². The summed E-state index contributed by atoms with van der Waals surface area (Å²) in [5, 5.41) is -0.0546. The maximum atomic E-state index is 11.4. The average Bonchev–Trinajstić information content (AvgIpc) is 2.26. The molecule has 0 radical (unpaired) electrons. The lowest BCUT2D eigenvalue weighted by Crippen LogP contribution is -2.65. The first-order valence-electron chi connectivity index (χ1n) is 4.78. The molecule has 0 saturated carbocycles. The largest absolute Gasteiger partial charge is 0.461 e. The van der Waals surface area contributed by atoms with Crippen molar-refractivity contribution in [3.8, 4) is 0 Å². The zero-order valence-electron chi connectivity index (χ0n) is 8.80. The monoisotopic (exact) mass is 240 g/mol. The van der Waals surface area contributed by atoms with Gasteiger partial charge in [-0.3, -0.25) is 9.59 Å². The molecule has 1 fully saturated rings. The fraction of sp³-hybridized carbons (Fsp3) is 0.400. The summed E-state index contributed by atoms with van der Waals surface area (Å²) in [6.07, 6.45) is 1.66. The molecule has 5 nitrogen and oxygen atoms in total. The molecule has 0 aromatic heterocycles. The number of esters is 1. The van der Waals surface area contributed by atoms with E-state index in [0.717, 1.165) is 10.5 Å². The lowest BCUT2D eigenvalue weighted by Gasteiger charge is -2.46. The molecule has 0 unspecified atom stereocenters. The summed E-state index contributed by atoms with van der Waals surface area (Å²) in [5.41, 5.74) is 6.39. The molecule has 2 atom stereocenters. The summed E-state index contributed by atoms with van der Waals surface area (Å²) in [4.78, 5) is 24.4. The van der Waals surface area contributed by atoms with Gasteiger partial charge in [0.15, 0.2) is 0 Å². The van der Waals surface area contributed by atoms with Gasteiger partial charge >= 0.3 is 5.97 Å². The molecule has 1 amide bonds. The summed E-state index contributed by atoms with van der Waals surface area (Å²) in [6, 6.07) is -0.451. The molecular formula is C10H12N2O3S. The van der Waals surface area contributed by atoms with Gasteiger partial charge in [0, 0.05) is 23.6 Å². The summed E-state index contributed by atoms with van der Waals surface area (Å²) in [5.74, 6) is -0.460. The molecule has 0 bridgehead atoms. The fourth-order valence-corrected chi connectivity index (χ4v) is 2.63. The highest BCUT2D eigenvalue weighted by Crippen LogP contribution is 2.41. The predicted molar refractivity (Wildman–Crippen MR) is 60.1 cm³/mol. The lowest BCUT2D eigenvalue weighted by atomic mass is 10.1. The van der Waals surface area contributed by atoms with Gasteiger partial charge in [-0.15, -0.1) is 0 Å². The highest BCUT2D eigenvalue weighted by Gasteiger charge is 2.47. The van der Waals surface area contributed by atoms with Gasteiger partial charge in [0.25, 0.3) is 0 Å². The van der Waals surface area contributed by atoms with Crippen LogP contribution in [0, 0.1) is 0 Å². The van der Waals surface area contributed by atoms with Crippen molar-refractivity contribution in [3.05, 3.63) is 23.3 Å². The van der Waals surface area contributed by atoms with E-state index in [1.165, 1.54) is 18.7 Å². The number of ether oxygens (including phenoxy) is 1. The smallest absolute Gasteiger partial charge is 0.302 e. The van der Waals surface area contributed by atoms with Crippen molar-refractivity contribution in [1.29, 1.82) is 0 Å². The van der Waals surface area contributed by atoms with Crippen molar-refractivity contribution < 1.29 is 14.3 Å². The van der Waals surface area contributed by atoms with E-state index in [-0.39, 0.29) is 23.9 Å². The minimum atomic E-state index is -0.451. The Kier molecular flexibility index (Phi) is 2.77. The number of carbonyl (C=O) groups is 2. The number of hydrogen-bond acceptors (Lipinski definition) is 5. The molecule has 0 aliphatic carbocycles. The Morgan fingerprint density at radius 3 is 3.06 bits per heavy atom. The molecule has 2 aliphatic heterocycles. The van der Waals surface area contributed by atoms with Crippen molar-refractivity contribution in [2.45, 2.75) is 18.3 Å². The number of amides is 1. The zero-order valence-corrected chi connectivity index (χ0v) is 9.62. The van der Waals surface area contributed by atoms with Crippen LogP contribution in [0.4, 0.5) is 0 Å². The van der Waals surface area contributed by atoms with Crippen LogP contribution in [0.3, 0.4) is 0 Å². The Balaban J connectivity index is 2.09. The Bertz CT molecular complexity index is 405. The first kappa shape index (κ1) is 11.2. The maximum absolute atomic E-state index is 11.4. The van der Waals surface area contributed by atoms with Crippen molar-refractivity contribution in [1.82, 2.24) is 4.90 Å². The maximum Gasteiger partial charge on any atom is 0.302 e. The van der Waals surface area contributed by atoms with E-state index in [1.807, 2.05) is 0 Å². The van der Waals surface area contributed by atoms with Crippen molar-refractivity contribution in [3.63, 3.8) is 0 Å². The number of hydrogen-bond donors (Lipinski definition) is 1. The third-order valence-electron chi connectivity index (χ3n) is 2.47. The van der Waals surface area contributed by atoms with Crippen LogP contribution < -0.4 is 5.73 Å². The second kappa shape index (κ2) is 3.95. The van der Waals surface area contributed by atoms with Gasteiger partial charge in [-0.05, 0) is 0 Å². The Morgan fingerprint density at radius 2 is 2.44 bits per heavy atom. The van der Waals surface area contributed by atoms with Crippen LogP contribution in [-0.4, -0.2) is 34.8 Å². The Labute approximate surface area is 97.3 Å². The first-order chi connectivity index (χ1) is 7.50. The van der Waals surface area contributed by atoms with E-state index >= 15 is 0 Å². The van der Waals surface area contributed by atoms with Gasteiger partial charge in [-0.1, -0.05) is 18.3 Å². The Hall–Kier alpha value is -1.27. The van der Waals surface area contributed by atoms with Crippen LogP contribution in [0.25, 0.3) is 0 Å². The second-order valence-electron chi connectivity index (χ2n) is 3.64. The minimum absolute atomic E-state index is 0.0546. The summed E-state index contributed by atoms with van der Waals surface area (Å²) in [6.45, 7) is 5.35. The predicted octanol–water partition coefficient (Wildman–Crippen LogP) is 0.189. The zero-order chi connectivity index (χ0) is 11.9. The number of rotatable bonds is 2. The minimum Gasteiger partial charge on any atom is -0.461 e. The number of nitrogens with zero attached hydrogens (tertiary/aromatic N) is 1. The standard InChI is InChI=1S/C10H12N2O3S/c1-5-7(4-15-6(2)13)3-12-9(14)8(11)10(12)16-5/h3,8,10H,1,4,11H2,2H3/t8-,10-/m1/s1. The third-order valence-corrected chi connectivity index (χ3v) is 3.78. The molecule has 2 N–H and O–H groups in total. The third kappa shape index (κ3) is 1.74. The molecule has 6 heteroatoms. The molecular weight excluding hydrogens is 228 g/mol. The van der Waals surface area contributed by atoms with E-state index < -0.39 is 6.04 Å². The molecule has 2 rings (SSSR count). The van der Waals surface area contributed by atoms with Crippen LogP contribution in [0.5, 0.6) is 0 Å². The molecule has 2 aliphatic rings. The van der Waals surface area contributed by atoms with Crippen molar-refractivity contribution in [2.75, 3.05) is 6.61 Å². The van der Waals surface area contributed by atoms with Crippen LogP contribution in [0.1, 0.15) is 6.92 Å². The molecule has 0 spiro atoms. The quantitative estimate of drug-likeness (QED) is 0.551. The molecule has 0 aromatic rings. The highest BCUT2D eigenvalue weighted by atomic mass is 32.2. The molecule has 1 saturated heterocycles. The van der Waals surface area contributed by atoms with Crippen LogP contribution in [-0.2, 0) is 14.3 Å². The average molecular weight is 240 g/mol. The number of nitrogens with two attached hydrogens (primary N) is 1. The molecule has 2 heterocycles. The fourth-order valence-electron chi connectivity index (χ4n) is 1.54. The topological polar surface area (TPSA) is 72.6 Å². The summed E-state index contributed by atoms with van der Waals surface area (Å²) in [7, 11) is 0. The van der Waals surface area contributed by atoms with Crippen LogP contribution >= 0.6 is 11.8 Å². The number of fused-ring (bicyclic) bond motifs is 1. The normalized spacial score (nSPS) is 28.1. The number of thioether (sulfide) groups is 1. The van der Waals surface area contributed by atoms with Crippen LogP contribution in [0.2, 0.25) is 0 Å². The molecule has 86 valence electrons. The van der Waals surface area contributed by atoms with E-state index in [4.69, 9.17) is 10.5 Å². The van der Waals surface area contributed by atoms with Gasteiger partial charge in [0.05, 0.1) is 0 Å². The van der Waals surface area contributed by atoms with Crippen molar-refractivity contribution in [2.24, 2.45) is 5.73 Å². The molecule has 16 heavy (non-hydrogen) atoms. The van der Waals surface area contributed by atoms with E-state index in [1.54, 1.807) is 11.1 Å². The van der Waals surface area contributed by atoms with Gasteiger partial charge in [0.2, 0.25) is 5.91 Å². The highest BCUT2D eigenvalue weighted by molar-refractivity contribution is 8.04. The van der Waals surface area contributed by atoms with Gasteiger partial charge < -0.3 is 15.4 Å². The first-order valence-corrected chi connectivity index (χ1v) is 5.66. The summed E-state index contributed by atoms with van der Waals surface area (Å²) >= 11 is 1.43. The van der Waals surface area contributed by atoms with Gasteiger partial charge in [0.1, 0.15) is 18.0 Å². The SMILES string of the molecule is C=C1S[C@@H]2[C@H](N)C(=O)N2C=C1COC(C)=O.